The van der Waals surface area contributed by atoms with Gasteiger partial charge in [-0.1, -0.05) is 34.1 Å². The number of anilines is 1. The minimum Gasteiger partial charge on any atom is -0.383 e. The highest BCUT2D eigenvalue weighted by molar-refractivity contribution is 9.10. The van der Waals surface area contributed by atoms with Crippen molar-refractivity contribution in [3.8, 4) is 11.1 Å². The second kappa shape index (κ2) is 7.23. The quantitative estimate of drug-likeness (QED) is 0.480. The van der Waals surface area contributed by atoms with E-state index in [9.17, 15) is 8.42 Å². The van der Waals surface area contributed by atoms with Crippen LogP contribution in [0.15, 0.2) is 64.4 Å². The largest absolute Gasteiger partial charge is 0.383 e. The Labute approximate surface area is 175 Å². The van der Waals surface area contributed by atoms with Crippen molar-refractivity contribution in [3.63, 3.8) is 0 Å². The summed E-state index contributed by atoms with van der Waals surface area (Å²) in [6.07, 6.45) is 3.06. The highest BCUT2D eigenvalue weighted by Crippen LogP contribution is 2.35. The molecule has 2 heterocycles. The summed E-state index contributed by atoms with van der Waals surface area (Å²) >= 11 is 3.28. The van der Waals surface area contributed by atoms with Crippen LogP contribution in [0.25, 0.3) is 22.2 Å². The van der Waals surface area contributed by atoms with Crippen molar-refractivity contribution in [2.24, 2.45) is 7.05 Å². The smallest absolute Gasteiger partial charge is 0.182 e. The predicted molar refractivity (Wildman–Crippen MR) is 113 cm³/mol. The van der Waals surface area contributed by atoms with Gasteiger partial charge in [-0.25, -0.2) is 22.8 Å². The molecule has 0 aliphatic rings. The monoisotopic (exact) mass is 474 g/mol. The molecule has 0 spiro atoms. The van der Waals surface area contributed by atoms with E-state index in [4.69, 9.17) is 5.73 Å². The summed E-state index contributed by atoms with van der Waals surface area (Å²) in [5.74, 6) is -0.827. The molecular formula is C20H16BrFN4O2S. The van der Waals surface area contributed by atoms with Gasteiger partial charge >= 0.3 is 0 Å². The molecule has 4 rings (SSSR count). The van der Waals surface area contributed by atoms with Gasteiger partial charge in [0.25, 0.3) is 0 Å². The van der Waals surface area contributed by atoms with E-state index in [0.29, 0.717) is 16.6 Å². The Morgan fingerprint density at radius 2 is 1.83 bits per heavy atom. The van der Waals surface area contributed by atoms with Crippen LogP contribution in [-0.4, -0.2) is 23.0 Å². The lowest BCUT2D eigenvalue weighted by Crippen LogP contribution is -2.07. The van der Waals surface area contributed by atoms with Gasteiger partial charge in [0.2, 0.25) is 0 Å². The Morgan fingerprint density at radius 3 is 2.55 bits per heavy atom. The normalized spacial score (nSPS) is 11.8. The van der Waals surface area contributed by atoms with Crippen molar-refractivity contribution >= 4 is 42.6 Å². The van der Waals surface area contributed by atoms with E-state index < -0.39 is 21.4 Å². The van der Waals surface area contributed by atoms with Crippen molar-refractivity contribution in [2.75, 3.05) is 5.73 Å². The number of aromatic nitrogens is 3. The first-order valence-corrected chi connectivity index (χ1v) is 11.0. The third-order valence-electron chi connectivity index (χ3n) is 4.67. The maximum atomic E-state index is 15.4. The van der Waals surface area contributed by atoms with Gasteiger partial charge < -0.3 is 10.3 Å². The molecule has 0 radical (unpaired) electrons. The number of aryl methyl sites for hydroxylation is 1. The van der Waals surface area contributed by atoms with Crippen molar-refractivity contribution in [1.82, 2.24) is 14.5 Å². The van der Waals surface area contributed by atoms with Crippen molar-refractivity contribution in [1.29, 1.82) is 0 Å². The third-order valence-corrected chi connectivity index (χ3v) is 6.88. The molecule has 2 aromatic carbocycles. The first-order chi connectivity index (χ1) is 13.8. The van der Waals surface area contributed by atoms with Crippen LogP contribution < -0.4 is 5.73 Å². The van der Waals surface area contributed by atoms with Crippen LogP contribution in [0.1, 0.15) is 5.56 Å². The Hall–Kier alpha value is -2.78. The Balaban J connectivity index is 1.81. The van der Waals surface area contributed by atoms with Crippen molar-refractivity contribution < 1.29 is 12.8 Å². The lowest BCUT2D eigenvalue weighted by molar-refractivity contribution is 0.588. The number of hydrogen-bond acceptors (Lipinski definition) is 5. The molecule has 29 heavy (non-hydrogen) atoms. The molecule has 4 aromatic rings. The molecule has 0 atom stereocenters. The molecular weight excluding hydrogens is 459 g/mol. The van der Waals surface area contributed by atoms with Crippen LogP contribution in [0.2, 0.25) is 0 Å². The maximum absolute atomic E-state index is 15.4. The first-order valence-electron chi connectivity index (χ1n) is 8.59. The summed E-state index contributed by atoms with van der Waals surface area (Å²) in [6, 6.07) is 10.9. The van der Waals surface area contributed by atoms with E-state index in [2.05, 4.69) is 25.9 Å². The van der Waals surface area contributed by atoms with Crippen LogP contribution in [0.4, 0.5) is 10.2 Å². The Bertz CT molecular complexity index is 1330. The Morgan fingerprint density at radius 1 is 1.10 bits per heavy atom. The fraction of sp³-hybridized carbons (Fsp3) is 0.100. The summed E-state index contributed by atoms with van der Waals surface area (Å²) in [6.45, 7) is 0. The third kappa shape index (κ3) is 3.51. The summed E-state index contributed by atoms with van der Waals surface area (Å²) in [5, 5.41) is 0.529. The fourth-order valence-corrected chi connectivity index (χ4v) is 4.88. The highest BCUT2D eigenvalue weighted by atomic mass is 79.9. The van der Waals surface area contributed by atoms with E-state index in [1.165, 1.54) is 24.5 Å². The molecule has 9 heteroatoms. The van der Waals surface area contributed by atoms with Gasteiger partial charge in [0.15, 0.2) is 9.84 Å². The summed E-state index contributed by atoms with van der Waals surface area (Å²) in [7, 11) is -1.94. The minimum atomic E-state index is -3.71. The molecule has 2 N–H and O–H groups in total. The second-order valence-electron chi connectivity index (χ2n) is 6.60. The zero-order valence-corrected chi connectivity index (χ0v) is 17.7. The zero-order chi connectivity index (χ0) is 20.8. The van der Waals surface area contributed by atoms with E-state index in [-0.39, 0.29) is 21.8 Å². The first kappa shape index (κ1) is 19.5. The summed E-state index contributed by atoms with van der Waals surface area (Å²) in [4.78, 5) is 8.32. The van der Waals surface area contributed by atoms with Gasteiger partial charge in [-0.15, -0.1) is 0 Å². The molecule has 0 amide bonds. The van der Waals surface area contributed by atoms with Gasteiger partial charge in [0.05, 0.1) is 16.0 Å². The van der Waals surface area contributed by atoms with Crippen LogP contribution in [0, 0.1) is 5.82 Å². The lowest BCUT2D eigenvalue weighted by atomic mass is 10.0. The van der Waals surface area contributed by atoms with E-state index in [1.54, 1.807) is 42.1 Å². The topological polar surface area (TPSA) is 90.9 Å². The second-order valence-corrected chi connectivity index (χ2v) is 9.51. The minimum absolute atomic E-state index is 0.0813. The standard InChI is InChI=1S/C20H16BrFN4O2S/c1-26-9-16(17-19(23)24-11-25-20(17)26)15-4-2-3-12(18(15)22)10-29(27,28)14-7-5-13(21)6-8-14/h2-9,11H,10H2,1H3,(H2,23,24,25). The van der Waals surface area contributed by atoms with E-state index in [0.717, 1.165) is 4.47 Å². The van der Waals surface area contributed by atoms with Gasteiger partial charge in [-0.05, 0) is 24.3 Å². The summed E-state index contributed by atoms with van der Waals surface area (Å²) < 4.78 is 43.4. The molecule has 0 saturated carbocycles. The Kier molecular flexibility index (Phi) is 4.87. The van der Waals surface area contributed by atoms with Gasteiger partial charge in [0.1, 0.15) is 23.6 Å². The average molecular weight is 475 g/mol. The van der Waals surface area contributed by atoms with Crippen LogP contribution in [0.3, 0.4) is 0 Å². The number of rotatable bonds is 4. The van der Waals surface area contributed by atoms with Crippen LogP contribution >= 0.6 is 15.9 Å². The zero-order valence-electron chi connectivity index (χ0n) is 15.3. The van der Waals surface area contributed by atoms with E-state index in [1.807, 2.05) is 0 Å². The highest BCUT2D eigenvalue weighted by Gasteiger charge is 2.22. The molecule has 0 bridgehead atoms. The molecule has 0 unspecified atom stereocenters. The average Bonchev–Trinajstić information content (AvgIpc) is 3.02. The fourth-order valence-electron chi connectivity index (χ4n) is 3.27. The number of nitrogens with two attached hydrogens (primary N) is 1. The van der Waals surface area contributed by atoms with Crippen LogP contribution in [0.5, 0.6) is 0 Å². The lowest BCUT2D eigenvalue weighted by Gasteiger charge is -2.10. The van der Waals surface area contributed by atoms with Gasteiger partial charge in [0, 0.05) is 34.4 Å². The molecule has 0 aliphatic carbocycles. The van der Waals surface area contributed by atoms with Gasteiger partial charge in [-0.2, -0.15) is 0 Å². The number of benzene rings is 2. The number of fused-ring (bicyclic) bond motifs is 1. The molecule has 2 aromatic heterocycles. The van der Waals surface area contributed by atoms with Crippen LogP contribution in [-0.2, 0) is 22.6 Å². The SMILES string of the molecule is Cn1cc(-c2cccc(CS(=O)(=O)c3ccc(Br)cc3)c2F)c2c(N)ncnc21. The molecule has 0 aliphatic heterocycles. The number of hydrogen-bond donors (Lipinski definition) is 1. The number of nitrogen functional groups attached to an aromatic ring is 1. The number of nitrogens with zero attached hydrogens (tertiary/aromatic N) is 3. The molecule has 6 nitrogen and oxygen atoms in total. The van der Waals surface area contributed by atoms with Crippen molar-refractivity contribution in [2.45, 2.75) is 10.6 Å². The number of sulfone groups is 1. The number of halogens is 2. The predicted octanol–water partition coefficient (Wildman–Crippen LogP) is 4.09. The molecule has 0 saturated heterocycles. The van der Waals surface area contributed by atoms with Crippen molar-refractivity contribution in [3.05, 3.63) is 70.8 Å². The molecule has 0 fully saturated rings. The van der Waals surface area contributed by atoms with E-state index >= 15 is 4.39 Å². The van der Waals surface area contributed by atoms with Gasteiger partial charge in [-0.3, -0.25) is 0 Å². The molecule has 148 valence electrons. The summed E-state index contributed by atoms with van der Waals surface area (Å²) in [5.41, 5.74) is 7.42. The maximum Gasteiger partial charge on any atom is 0.182 e.